The fourth-order valence-electron chi connectivity index (χ4n) is 3.66. The summed E-state index contributed by atoms with van der Waals surface area (Å²) < 4.78 is 10.7. The van der Waals surface area contributed by atoms with Gasteiger partial charge in [0.25, 0.3) is 6.01 Å². The topological polar surface area (TPSA) is 67.4 Å². The van der Waals surface area contributed by atoms with Crippen molar-refractivity contribution in [1.29, 1.82) is 0 Å². The lowest BCUT2D eigenvalue weighted by Crippen LogP contribution is -2.37. The largest absolute Gasteiger partial charge is 0.469 e. The van der Waals surface area contributed by atoms with Crippen LogP contribution in [0, 0.1) is 5.92 Å². The molecule has 0 aliphatic carbocycles. The zero-order valence-electron chi connectivity index (χ0n) is 16.1. The highest BCUT2D eigenvalue weighted by molar-refractivity contribution is 5.75. The van der Waals surface area contributed by atoms with Crippen LogP contribution in [0.25, 0.3) is 11.0 Å². The zero-order valence-corrected chi connectivity index (χ0v) is 16.1. The second kappa shape index (κ2) is 8.44. The van der Waals surface area contributed by atoms with Crippen LogP contribution in [0.3, 0.4) is 0 Å². The molecule has 1 aromatic heterocycles. The van der Waals surface area contributed by atoms with E-state index < -0.39 is 0 Å². The number of aromatic amines is 1. The molecule has 0 saturated carbocycles. The van der Waals surface area contributed by atoms with Crippen LogP contribution in [0.2, 0.25) is 0 Å². The van der Waals surface area contributed by atoms with Crippen molar-refractivity contribution in [1.82, 2.24) is 14.9 Å². The highest BCUT2D eigenvalue weighted by Crippen LogP contribution is 2.23. The van der Waals surface area contributed by atoms with E-state index in [4.69, 9.17) is 9.47 Å². The number of likely N-dealkylation sites (tertiary alicyclic amines) is 1. The van der Waals surface area contributed by atoms with Gasteiger partial charge in [-0.3, -0.25) is 4.79 Å². The Morgan fingerprint density at radius 1 is 1.14 bits per heavy atom. The summed E-state index contributed by atoms with van der Waals surface area (Å²) in [7, 11) is 1.47. The molecule has 6 heteroatoms. The number of aromatic nitrogens is 2. The molecule has 6 nitrogen and oxygen atoms in total. The van der Waals surface area contributed by atoms with Gasteiger partial charge in [0.15, 0.2) is 0 Å². The lowest BCUT2D eigenvalue weighted by atomic mass is 9.97. The van der Waals surface area contributed by atoms with Gasteiger partial charge in [0, 0.05) is 6.54 Å². The van der Waals surface area contributed by atoms with Crippen molar-refractivity contribution in [2.45, 2.75) is 19.3 Å². The first-order valence-electron chi connectivity index (χ1n) is 9.73. The SMILES string of the molecule is COC(=O)C1CCN(CCc2ccc(Oc3nc4ccccc4[nH]3)cc2)CC1. The summed E-state index contributed by atoms with van der Waals surface area (Å²) in [4.78, 5) is 21.6. The Kier molecular flexibility index (Phi) is 5.58. The molecule has 0 radical (unpaired) electrons. The molecule has 1 N–H and O–H groups in total. The zero-order chi connectivity index (χ0) is 19.3. The standard InChI is InChI=1S/C22H25N3O3/c1-27-21(26)17-11-14-25(15-12-17)13-10-16-6-8-18(9-7-16)28-22-23-19-4-2-3-5-20(19)24-22/h2-9,17H,10-15H2,1H3,(H,23,24). The molecule has 146 valence electrons. The Balaban J connectivity index is 1.27. The number of methoxy groups -OCH3 is 1. The molecule has 1 fully saturated rings. The number of rotatable bonds is 6. The molecule has 0 unspecified atom stereocenters. The smallest absolute Gasteiger partial charge is 0.308 e. The van der Waals surface area contributed by atoms with Crippen LogP contribution in [0.5, 0.6) is 11.8 Å². The Bertz CT molecular complexity index is 895. The Hall–Kier alpha value is -2.86. The number of para-hydroxylation sites is 2. The number of benzene rings is 2. The lowest BCUT2D eigenvalue weighted by Gasteiger charge is -2.30. The van der Waals surface area contributed by atoms with Gasteiger partial charge < -0.3 is 19.4 Å². The quantitative estimate of drug-likeness (QED) is 0.660. The van der Waals surface area contributed by atoms with Gasteiger partial charge in [-0.25, -0.2) is 0 Å². The van der Waals surface area contributed by atoms with E-state index in [1.807, 2.05) is 36.4 Å². The van der Waals surface area contributed by atoms with E-state index in [2.05, 4.69) is 27.0 Å². The number of carbonyl (C=O) groups excluding carboxylic acids is 1. The first kappa shape index (κ1) is 18.5. The number of nitrogens with zero attached hydrogens (tertiary/aromatic N) is 2. The van der Waals surface area contributed by atoms with Gasteiger partial charge in [0.2, 0.25) is 0 Å². The van der Waals surface area contributed by atoms with E-state index in [0.29, 0.717) is 6.01 Å². The molecule has 2 aromatic carbocycles. The molecule has 0 amide bonds. The third-order valence-electron chi connectivity index (χ3n) is 5.34. The number of piperidine rings is 1. The number of ether oxygens (including phenoxy) is 2. The minimum Gasteiger partial charge on any atom is -0.469 e. The van der Waals surface area contributed by atoms with Gasteiger partial charge in [-0.2, -0.15) is 4.98 Å². The highest BCUT2D eigenvalue weighted by Gasteiger charge is 2.25. The number of hydrogen-bond acceptors (Lipinski definition) is 5. The van der Waals surface area contributed by atoms with E-state index in [-0.39, 0.29) is 11.9 Å². The van der Waals surface area contributed by atoms with Gasteiger partial charge in [-0.15, -0.1) is 0 Å². The monoisotopic (exact) mass is 379 g/mol. The second-order valence-electron chi connectivity index (χ2n) is 7.19. The number of H-pyrrole nitrogens is 1. The van der Waals surface area contributed by atoms with E-state index in [1.165, 1.54) is 12.7 Å². The summed E-state index contributed by atoms with van der Waals surface area (Å²) in [6.45, 7) is 2.90. The van der Waals surface area contributed by atoms with Crippen LogP contribution in [0.1, 0.15) is 18.4 Å². The van der Waals surface area contributed by atoms with Gasteiger partial charge in [0.05, 0.1) is 24.1 Å². The number of fused-ring (bicyclic) bond motifs is 1. The summed E-state index contributed by atoms with van der Waals surface area (Å²) in [6, 6.07) is 16.5. The number of esters is 1. The number of imidazole rings is 1. The number of carbonyl (C=O) groups is 1. The van der Waals surface area contributed by atoms with Crippen molar-refractivity contribution in [2.24, 2.45) is 5.92 Å². The van der Waals surface area contributed by atoms with Crippen molar-refractivity contribution in [3.63, 3.8) is 0 Å². The van der Waals surface area contributed by atoms with Gasteiger partial charge in [-0.1, -0.05) is 24.3 Å². The predicted octanol–water partition coefficient (Wildman–Crippen LogP) is 3.78. The van der Waals surface area contributed by atoms with Crippen LogP contribution in [0.4, 0.5) is 0 Å². The van der Waals surface area contributed by atoms with E-state index in [9.17, 15) is 4.79 Å². The third-order valence-corrected chi connectivity index (χ3v) is 5.34. The Morgan fingerprint density at radius 3 is 2.61 bits per heavy atom. The molecular formula is C22H25N3O3. The first-order valence-corrected chi connectivity index (χ1v) is 9.73. The molecule has 1 saturated heterocycles. The summed E-state index contributed by atoms with van der Waals surface area (Å²) >= 11 is 0. The summed E-state index contributed by atoms with van der Waals surface area (Å²) in [5.41, 5.74) is 3.13. The third kappa shape index (κ3) is 4.34. The second-order valence-corrected chi connectivity index (χ2v) is 7.19. The van der Waals surface area contributed by atoms with Crippen LogP contribution in [0.15, 0.2) is 48.5 Å². The maximum absolute atomic E-state index is 11.6. The Morgan fingerprint density at radius 2 is 1.89 bits per heavy atom. The van der Waals surface area contributed by atoms with E-state index in [1.54, 1.807) is 0 Å². The normalized spacial score (nSPS) is 15.6. The maximum Gasteiger partial charge on any atom is 0.308 e. The Labute approximate surface area is 164 Å². The van der Waals surface area contributed by atoms with Crippen molar-refractivity contribution in [2.75, 3.05) is 26.7 Å². The molecule has 0 atom stereocenters. The van der Waals surface area contributed by atoms with Gasteiger partial charge >= 0.3 is 5.97 Å². The summed E-state index contributed by atoms with van der Waals surface area (Å²) in [5.74, 6) is 0.761. The number of nitrogens with one attached hydrogen (secondary N) is 1. The fraction of sp³-hybridized carbons (Fsp3) is 0.364. The molecule has 2 heterocycles. The molecule has 0 bridgehead atoms. The average Bonchev–Trinajstić information content (AvgIpc) is 3.15. The molecule has 0 spiro atoms. The van der Waals surface area contributed by atoms with Crippen LogP contribution < -0.4 is 4.74 Å². The van der Waals surface area contributed by atoms with E-state index >= 15 is 0 Å². The molecule has 4 rings (SSSR count). The fourth-order valence-corrected chi connectivity index (χ4v) is 3.66. The summed E-state index contributed by atoms with van der Waals surface area (Å²) in [5, 5.41) is 0. The van der Waals surface area contributed by atoms with Crippen LogP contribution >= 0.6 is 0 Å². The molecular weight excluding hydrogens is 354 g/mol. The van der Waals surface area contributed by atoms with Crippen LogP contribution in [-0.2, 0) is 16.0 Å². The van der Waals surface area contributed by atoms with E-state index in [0.717, 1.165) is 55.7 Å². The number of hydrogen-bond donors (Lipinski definition) is 1. The minimum absolute atomic E-state index is 0.0657. The van der Waals surface area contributed by atoms with Crippen molar-refractivity contribution in [3.05, 3.63) is 54.1 Å². The van der Waals surface area contributed by atoms with Crippen molar-refractivity contribution in [3.8, 4) is 11.8 Å². The summed E-state index contributed by atoms with van der Waals surface area (Å²) in [6.07, 6.45) is 2.75. The first-order chi connectivity index (χ1) is 13.7. The van der Waals surface area contributed by atoms with Gasteiger partial charge in [0.1, 0.15) is 5.75 Å². The molecule has 1 aliphatic heterocycles. The molecule has 1 aliphatic rings. The van der Waals surface area contributed by atoms with Gasteiger partial charge in [-0.05, 0) is 62.2 Å². The molecule has 28 heavy (non-hydrogen) atoms. The average molecular weight is 379 g/mol. The maximum atomic E-state index is 11.6. The van der Waals surface area contributed by atoms with Crippen LogP contribution in [-0.4, -0.2) is 47.6 Å². The predicted molar refractivity (Wildman–Crippen MR) is 107 cm³/mol. The minimum atomic E-state index is -0.0697. The lowest BCUT2D eigenvalue weighted by molar-refractivity contribution is -0.147. The van der Waals surface area contributed by atoms with Crippen molar-refractivity contribution < 1.29 is 14.3 Å². The molecule has 3 aromatic rings. The highest BCUT2D eigenvalue weighted by atomic mass is 16.5. The van der Waals surface area contributed by atoms with Crippen molar-refractivity contribution >= 4 is 17.0 Å².